The van der Waals surface area contributed by atoms with E-state index in [9.17, 15) is 4.79 Å². The van der Waals surface area contributed by atoms with Crippen molar-refractivity contribution in [2.75, 3.05) is 7.11 Å². The number of benzene rings is 1. The lowest BCUT2D eigenvalue weighted by atomic mass is 9.88. The minimum Gasteiger partial charge on any atom is -0.497 e. The summed E-state index contributed by atoms with van der Waals surface area (Å²) in [4.78, 5) is 16.9. The number of hydrogen-bond acceptors (Lipinski definition) is 4. The van der Waals surface area contributed by atoms with E-state index in [1.54, 1.807) is 17.8 Å². The number of carbonyl (C=O) groups excluding carboxylic acids is 1. The van der Waals surface area contributed by atoms with Crippen LogP contribution >= 0.6 is 0 Å². The zero-order valence-electron chi connectivity index (χ0n) is 13.1. The van der Waals surface area contributed by atoms with E-state index < -0.39 is 0 Å². The monoisotopic (exact) mass is 307 g/mol. The number of Topliss-reactive ketones (excluding diaryl/α,β-unsaturated/α-hetero) is 1. The first-order valence-corrected chi connectivity index (χ1v) is 7.70. The lowest BCUT2D eigenvalue weighted by Crippen LogP contribution is -2.20. The first-order valence-electron chi connectivity index (χ1n) is 7.70. The second kappa shape index (κ2) is 5.19. The minimum absolute atomic E-state index is 0.162. The predicted molar refractivity (Wildman–Crippen MR) is 86.8 cm³/mol. The number of fused-ring (bicyclic) bond motifs is 2. The lowest BCUT2D eigenvalue weighted by Gasteiger charge is -2.19. The highest BCUT2D eigenvalue weighted by atomic mass is 16.5. The van der Waals surface area contributed by atoms with E-state index in [-0.39, 0.29) is 5.78 Å². The van der Waals surface area contributed by atoms with Crippen molar-refractivity contribution in [2.24, 2.45) is 5.92 Å². The van der Waals surface area contributed by atoms with Crippen LogP contribution < -0.4 is 4.74 Å². The fourth-order valence-electron chi connectivity index (χ4n) is 3.14. The highest BCUT2D eigenvalue weighted by molar-refractivity contribution is 5.98. The van der Waals surface area contributed by atoms with E-state index in [0.29, 0.717) is 17.9 Å². The van der Waals surface area contributed by atoms with Crippen LogP contribution in [0.2, 0.25) is 0 Å². The molecule has 1 unspecified atom stereocenters. The zero-order valence-corrected chi connectivity index (χ0v) is 13.1. The van der Waals surface area contributed by atoms with Gasteiger partial charge in [-0.3, -0.25) is 4.79 Å². The van der Waals surface area contributed by atoms with Crippen molar-refractivity contribution in [3.05, 3.63) is 47.9 Å². The molecule has 0 saturated heterocycles. The molecule has 0 bridgehead atoms. The molecular formula is C18H17N3O2. The Morgan fingerprint density at radius 1 is 1.17 bits per heavy atom. The second-order valence-corrected chi connectivity index (χ2v) is 6.09. The summed E-state index contributed by atoms with van der Waals surface area (Å²) >= 11 is 0. The minimum atomic E-state index is 0.162. The van der Waals surface area contributed by atoms with Gasteiger partial charge in [0.05, 0.1) is 24.6 Å². The summed E-state index contributed by atoms with van der Waals surface area (Å²) < 4.78 is 6.90. The molecule has 0 aliphatic heterocycles. The van der Waals surface area contributed by atoms with Crippen molar-refractivity contribution in [1.29, 1.82) is 0 Å². The van der Waals surface area contributed by atoms with Crippen molar-refractivity contribution in [1.82, 2.24) is 14.6 Å². The van der Waals surface area contributed by atoms with Crippen LogP contribution in [0, 0.1) is 5.92 Å². The summed E-state index contributed by atoms with van der Waals surface area (Å²) in [5.41, 5.74) is 4.37. The Kier molecular flexibility index (Phi) is 3.15. The first kappa shape index (κ1) is 13.9. The third kappa shape index (κ3) is 2.29. The van der Waals surface area contributed by atoms with Gasteiger partial charge in [-0.2, -0.15) is 5.10 Å². The number of aromatic nitrogens is 3. The van der Waals surface area contributed by atoms with E-state index in [1.807, 2.05) is 30.5 Å². The fourth-order valence-corrected chi connectivity index (χ4v) is 3.14. The number of nitrogens with zero attached hydrogens (tertiary/aromatic N) is 3. The maximum Gasteiger partial charge on any atom is 0.166 e. The van der Waals surface area contributed by atoms with Crippen LogP contribution in [0.4, 0.5) is 0 Å². The van der Waals surface area contributed by atoms with E-state index in [0.717, 1.165) is 34.6 Å². The van der Waals surface area contributed by atoms with Crippen LogP contribution in [0.3, 0.4) is 0 Å². The van der Waals surface area contributed by atoms with E-state index in [4.69, 9.17) is 9.72 Å². The van der Waals surface area contributed by atoms with Gasteiger partial charge in [0.2, 0.25) is 0 Å². The second-order valence-electron chi connectivity index (χ2n) is 6.09. The number of methoxy groups -OCH3 is 1. The molecule has 23 heavy (non-hydrogen) atoms. The summed E-state index contributed by atoms with van der Waals surface area (Å²) in [6.45, 7) is 2.09. The highest BCUT2D eigenvalue weighted by Crippen LogP contribution is 2.29. The number of rotatable bonds is 2. The standard InChI is InChI=1S/C18H17N3O2/c1-11-7-16-15(17(22)8-11)10-21-18(20-16)14(9-19-21)12-3-5-13(23-2)6-4-12/h3-6,9-11H,7-8H2,1-2H3. The van der Waals surface area contributed by atoms with Gasteiger partial charge in [-0.1, -0.05) is 19.1 Å². The van der Waals surface area contributed by atoms with Crippen LogP contribution in [0.5, 0.6) is 5.75 Å². The first-order chi connectivity index (χ1) is 11.2. The highest BCUT2D eigenvalue weighted by Gasteiger charge is 2.25. The van der Waals surface area contributed by atoms with E-state index >= 15 is 0 Å². The molecule has 5 heteroatoms. The lowest BCUT2D eigenvalue weighted by molar-refractivity contribution is 0.0951. The molecule has 1 aliphatic rings. The number of ether oxygens (including phenoxy) is 1. The third-order valence-corrected chi connectivity index (χ3v) is 4.35. The molecule has 1 aliphatic carbocycles. The molecule has 116 valence electrons. The average Bonchev–Trinajstić information content (AvgIpc) is 2.96. The van der Waals surface area contributed by atoms with Crippen LogP contribution in [0.1, 0.15) is 29.4 Å². The van der Waals surface area contributed by atoms with Gasteiger partial charge in [0.25, 0.3) is 0 Å². The Morgan fingerprint density at radius 3 is 2.70 bits per heavy atom. The van der Waals surface area contributed by atoms with Gasteiger partial charge in [0.1, 0.15) is 5.75 Å². The summed E-state index contributed by atoms with van der Waals surface area (Å²) in [5.74, 6) is 1.32. The van der Waals surface area contributed by atoms with Crippen LogP contribution in [0.25, 0.3) is 16.8 Å². The van der Waals surface area contributed by atoms with Crippen molar-refractivity contribution in [3.63, 3.8) is 0 Å². The van der Waals surface area contributed by atoms with Crippen molar-refractivity contribution >= 4 is 11.4 Å². The van der Waals surface area contributed by atoms with Gasteiger partial charge >= 0.3 is 0 Å². The van der Waals surface area contributed by atoms with Gasteiger partial charge in [-0.25, -0.2) is 9.50 Å². The Morgan fingerprint density at radius 2 is 1.96 bits per heavy atom. The van der Waals surface area contributed by atoms with Crippen molar-refractivity contribution < 1.29 is 9.53 Å². The molecule has 0 saturated carbocycles. The third-order valence-electron chi connectivity index (χ3n) is 4.35. The van der Waals surface area contributed by atoms with Gasteiger partial charge < -0.3 is 4.74 Å². The average molecular weight is 307 g/mol. The van der Waals surface area contributed by atoms with Crippen LogP contribution in [-0.4, -0.2) is 27.5 Å². The molecule has 1 aromatic carbocycles. The SMILES string of the molecule is COc1ccc(-c2cnn3cc4c(nc23)CC(C)CC4=O)cc1. The molecule has 3 aromatic rings. The number of carbonyl (C=O) groups is 1. The molecule has 1 atom stereocenters. The topological polar surface area (TPSA) is 56.5 Å². The predicted octanol–water partition coefficient (Wildman–Crippen LogP) is 3.17. The number of hydrogen-bond donors (Lipinski definition) is 0. The van der Waals surface area contributed by atoms with E-state index in [2.05, 4.69) is 12.0 Å². The Hall–Kier alpha value is -2.69. The molecule has 0 fully saturated rings. The molecule has 0 radical (unpaired) electrons. The maximum atomic E-state index is 12.2. The summed E-state index contributed by atoms with van der Waals surface area (Å²) in [6.07, 6.45) is 5.04. The smallest absolute Gasteiger partial charge is 0.166 e. The van der Waals surface area contributed by atoms with Crippen LogP contribution in [-0.2, 0) is 6.42 Å². The molecule has 5 nitrogen and oxygen atoms in total. The zero-order chi connectivity index (χ0) is 16.0. The van der Waals surface area contributed by atoms with Gasteiger partial charge in [0.15, 0.2) is 11.4 Å². The summed E-state index contributed by atoms with van der Waals surface area (Å²) in [5, 5.41) is 4.37. The van der Waals surface area contributed by atoms with Gasteiger partial charge in [-0.05, 0) is 30.0 Å². The maximum absolute atomic E-state index is 12.2. The molecule has 0 spiro atoms. The Bertz CT molecular complexity index is 897. The van der Waals surface area contributed by atoms with Gasteiger partial charge in [-0.15, -0.1) is 0 Å². The summed E-state index contributed by atoms with van der Waals surface area (Å²) in [7, 11) is 1.65. The quantitative estimate of drug-likeness (QED) is 0.729. The van der Waals surface area contributed by atoms with Crippen LogP contribution in [0.15, 0.2) is 36.7 Å². The molecule has 4 rings (SSSR count). The van der Waals surface area contributed by atoms with Crippen molar-refractivity contribution in [2.45, 2.75) is 19.8 Å². The molecule has 0 amide bonds. The van der Waals surface area contributed by atoms with Gasteiger partial charge in [0, 0.05) is 18.2 Å². The van der Waals surface area contributed by atoms with E-state index in [1.165, 1.54) is 0 Å². The molecule has 2 aromatic heterocycles. The molecule has 2 heterocycles. The largest absolute Gasteiger partial charge is 0.497 e. The van der Waals surface area contributed by atoms with Crippen molar-refractivity contribution in [3.8, 4) is 16.9 Å². The normalized spacial score (nSPS) is 17.3. The fraction of sp³-hybridized carbons (Fsp3) is 0.278. The Labute approximate surface area is 133 Å². The number of ketones is 1. The Balaban J connectivity index is 1.85. The summed E-state index contributed by atoms with van der Waals surface area (Å²) in [6, 6.07) is 7.82. The molecule has 0 N–H and O–H groups in total. The molecular weight excluding hydrogens is 290 g/mol.